The van der Waals surface area contributed by atoms with E-state index in [1.54, 1.807) is 54.2 Å². The van der Waals surface area contributed by atoms with Crippen molar-refractivity contribution in [3.63, 3.8) is 0 Å². The van der Waals surface area contributed by atoms with E-state index in [2.05, 4.69) is 16.5 Å². The molecule has 4 aromatic carbocycles. The van der Waals surface area contributed by atoms with Crippen molar-refractivity contribution in [2.24, 2.45) is 7.05 Å². The molecule has 5 amide bonds. The molecule has 1 N–H and O–H groups in total. The Bertz CT molecular complexity index is 2770. The number of imide groups is 2. The van der Waals surface area contributed by atoms with E-state index < -0.39 is 35.9 Å². The number of aryl methyl sites for hydroxylation is 1. The summed E-state index contributed by atoms with van der Waals surface area (Å²) in [7, 11) is 3.29. The van der Waals surface area contributed by atoms with Crippen molar-refractivity contribution in [2.75, 3.05) is 75.9 Å². The van der Waals surface area contributed by atoms with Crippen molar-refractivity contribution in [1.29, 1.82) is 5.26 Å². The smallest absolute Gasteiger partial charge is 0.329 e. The monoisotopic (exact) mass is 915 g/mol. The normalized spacial score (nSPS) is 19.3. The van der Waals surface area contributed by atoms with Gasteiger partial charge in [-0.2, -0.15) is 10.4 Å². The van der Waals surface area contributed by atoms with E-state index in [0.717, 1.165) is 21.4 Å². The van der Waals surface area contributed by atoms with Crippen LogP contribution in [-0.4, -0.2) is 126 Å². The molecule has 0 aliphatic carbocycles. The number of nitriles is 1. The van der Waals surface area contributed by atoms with Gasteiger partial charge >= 0.3 is 6.03 Å². The predicted molar refractivity (Wildman–Crippen MR) is 244 cm³/mol. The highest BCUT2D eigenvalue weighted by atomic mass is 19.3. The number of fused-ring (bicyclic) bond motifs is 2. The Morgan fingerprint density at radius 1 is 0.910 bits per heavy atom. The summed E-state index contributed by atoms with van der Waals surface area (Å²) >= 11 is 0. The van der Waals surface area contributed by atoms with Crippen LogP contribution in [0, 0.1) is 11.3 Å². The lowest BCUT2D eigenvalue weighted by Gasteiger charge is -2.46. The Labute approximate surface area is 386 Å². The summed E-state index contributed by atoms with van der Waals surface area (Å²) in [5.74, 6) is -1.68. The van der Waals surface area contributed by atoms with Crippen molar-refractivity contribution in [3.8, 4) is 29.1 Å². The van der Waals surface area contributed by atoms with Gasteiger partial charge in [0.05, 0.1) is 67.2 Å². The number of amides is 5. The molecule has 18 heteroatoms. The first-order valence-corrected chi connectivity index (χ1v) is 22.5. The number of benzene rings is 4. The van der Waals surface area contributed by atoms with Crippen LogP contribution in [0.4, 0.5) is 25.1 Å². The van der Waals surface area contributed by atoms with E-state index in [1.165, 1.54) is 12.0 Å². The Morgan fingerprint density at radius 2 is 1.69 bits per heavy atom. The molecule has 67 heavy (non-hydrogen) atoms. The Kier molecular flexibility index (Phi) is 12.5. The number of piperazine rings is 1. The third-order valence-corrected chi connectivity index (χ3v) is 13.1. The molecular weight excluding hydrogens is 865 g/mol. The molecule has 4 aliphatic rings. The predicted octanol–water partition coefficient (Wildman–Crippen LogP) is 6.54. The minimum atomic E-state index is -2.94. The fourth-order valence-corrected chi connectivity index (χ4v) is 9.75. The summed E-state index contributed by atoms with van der Waals surface area (Å²) in [4.78, 5) is 60.5. The van der Waals surface area contributed by atoms with Crippen LogP contribution in [0.3, 0.4) is 0 Å². The maximum Gasteiger partial charge on any atom is 0.329 e. The summed E-state index contributed by atoms with van der Waals surface area (Å²) in [6, 6.07) is 23.1. The van der Waals surface area contributed by atoms with Crippen LogP contribution >= 0.6 is 0 Å². The second-order valence-electron chi connectivity index (χ2n) is 17.1. The first-order valence-electron chi connectivity index (χ1n) is 22.5. The molecule has 348 valence electrons. The van der Waals surface area contributed by atoms with E-state index >= 15 is 8.78 Å². The highest BCUT2D eigenvalue weighted by Gasteiger charge is 2.48. The van der Waals surface area contributed by atoms with Gasteiger partial charge in [0, 0.05) is 70.7 Å². The molecule has 9 rings (SSSR count). The fourth-order valence-electron chi connectivity index (χ4n) is 9.75. The van der Waals surface area contributed by atoms with Gasteiger partial charge in [0.25, 0.3) is 17.7 Å². The number of alkyl halides is 2. The van der Waals surface area contributed by atoms with Gasteiger partial charge in [0.1, 0.15) is 11.5 Å². The van der Waals surface area contributed by atoms with Crippen LogP contribution in [0.5, 0.6) is 23.0 Å². The Morgan fingerprint density at radius 3 is 2.40 bits per heavy atom. The summed E-state index contributed by atoms with van der Waals surface area (Å²) < 4.78 is 50.9. The van der Waals surface area contributed by atoms with Crippen LogP contribution in [0.15, 0.2) is 78.9 Å². The molecule has 0 saturated carbocycles. The topological polar surface area (TPSA) is 166 Å². The molecular formula is C49H51F2N9O7. The van der Waals surface area contributed by atoms with Crippen LogP contribution in [0.25, 0.3) is 10.9 Å². The van der Waals surface area contributed by atoms with Gasteiger partial charge in [-0.15, -0.1) is 0 Å². The maximum atomic E-state index is 16.0. The number of aromatic nitrogens is 2. The van der Waals surface area contributed by atoms with Crippen LogP contribution in [-0.2, 0) is 18.3 Å². The van der Waals surface area contributed by atoms with Crippen molar-refractivity contribution >= 4 is 46.2 Å². The molecule has 0 radical (unpaired) electrons. The molecule has 5 heterocycles. The number of likely N-dealkylation sites (tertiary alicyclic amines) is 1. The molecule has 0 unspecified atom stereocenters. The molecule has 3 saturated heterocycles. The number of methoxy groups -OCH3 is 1. The number of anilines is 2. The van der Waals surface area contributed by atoms with E-state index in [9.17, 15) is 24.4 Å². The molecule has 1 aromatic heterocycles. The zero-order chi connectivity index (χ0) is 47.0. The van der Waals surface area contributed by atoms with E-state index in [4.69, 9.17) is 14.2 Å². The van der Waals surface area contributed by atoms with E-state index in [0.29, 0.717) is 98.8 Å². The molecule has 2 atom stereocenters. The minimum Gasteiger partial charge on any atom is -0.493 e. The summed E-state index contributed by atoms with van der Waals surface area (Å²) in [6.07, 6.45) is 0.969. The number of nitrogens with zero attached hydrogens (tertiary/aromatic N) is 8. The summed E-state index contributed by atoms with van der Waals surface area (Å²) in [5.41, 5.74) is 3.38. The summed E-state index contributed by atoms with van der Waals surface area (Å²) in [5, 5.41) is 17.4. The lowest BCUT2D eigenvalue weighted by molar-refractivity contribution is -0.127. The first-order chi connectivity index (χ1) is 32.4. The van der Waals surface area contributed by atoms with Crippen molar-refractivity contribution in [3.05, 3.63) is 101 Å². The van der Waals surface area contributed by atoms with Gasteiger partial charge in [0.2, 0.25) is 5.91 Å². The quantitative estimate of drug-likeness (QED) is 0.120. The zero-order valence-corrected chi connectivity index (χ0v) is 37.5. The molecule has 0 bridgehead atoms. The van der Waals surface area contributed by atoms with E-state index in [1.807, 2.05) is 58.0 Å². The molecule has 4 aliphatic heterocycles. The van der Waals surface area contributed by atoms with Gasteiger partial charge < -0.3 is 19.1 Å². The number of piperidine rings is 1. The van der Waals surface area contributed by atoms with Crippen LogP contribution in [0.2, 0.25) is 0 Å². The zero-order valence-electron chi connectivity index (χ0n) is 37.5. The molecule has 3 fully saturated rings. The third-order valence-electron chi connectivity index (χ3n) is 13.1. The van der Waals surface area contributed by atoms with Gasteiger partial charge in [-0.25, -0.2) is 13.6 Å². The standard InChI is InChI=1S/C49H51F2N9O7/c1-4-66-41-28-32(10-15-40(41)65-3)37(16-20-52)60-46(62)36-6-5-7-38(44(36)47(60)63)57-24-26-58(27-25-57)42-18-22-56(30-49(42,50)51)21-17-31-8-11-33(12-9-31)67-34-13-14-35-39(29-34)55(2)54-45(35)59-23-19-43(61)53-48(59)64/h5-15,28-29,37,42H,4,16-19,21-27,30H2,1-3H3,(H,53,61,64)/t37-,42-/m1/s1. The number of nitrogens with one attached hydrogen (secondary N) is 1. The largest absolute Gasteiger partial charge is 0.493 e. The number of ether oxygens (including phenoxy) is 3. The Hall–Kier alpha value is -7.10. The minimum absolute atomic E-state index is 0.126. The average molecular weight is 916 g/mol. The van der Waals surface area contributed by atoms with Crippen molar-refractivity contribution in [1.82, 2.24) is 29.8 Å². The highest BCUT2D eigenvalue weighted by molar-refractivity contribution is 6.24. The third kappa shape index (κ3) is 8.84. The van der Waals surface area contributed by atoms with Gasteiger partial charge in [0.15, 0.2) is 17.3 Å². The number of halogens is 2. The SMILES string of the molecule is CCOc1cc([C@@H](CC#N)N2C(=O)c3cccc(N4CCN([C@@H]5CCN(CCc6ccc(Oc7ccc8c(N9CCC(=O)NC9=O)nn(C)c8c7)cc6)CC5(F)F)CC4)c3C2=O)ccc1OC. The maximum absolute atomic E-state index is 16.0. The van der Waals surface area contributed by atoms with E-state index in [-0.39, 0.29) is 43.0 Å². The summed E-state index contributed by atoms with van der Waals surface area (Å²) in [6.45, 7) is 4.63. The number of carbonyl (C=O) groups excluding carboxylic acids is 4. The molecule has 0 spiro atoms. The second kappa shape index (κ2) is 18.6. The van der Waals surface area contributed by atoms with Crippen LogP contribution < -0.4 is 29.3 Å². The molecule has 16 nitrogen and oxygen atoms in total. The molecule has 5 aromatic rings. The number of hydrogen-bond acceptors (Lipinski definition) is 12. The van der Waals surface area contributed by atoms with Gasteiger partial charge in [-0.3, -0.25) is 44.0 Å². The number of urea groups is 1. The highest BCUT2D eigenvalue weighted by Crippen LogP contribution is 2.41. The Balaban J connectivity index is 0.783. The number of hydrogen-bond donors (Lipinski definition) is 1. The lowest BCUT2D eigenvalue weighted by Crippen LogP contribution is -2.62. The van der Waals surface area contributed by atoms with Crippen molar-refractivity contribution in [2.45, 2.75) is 50.6 Å². The lowest BCUT2D eigenvalue weighted by atomic mass is 9.97. The van der Waals surface area contributed by atoms with Crippen molar-refractivity contribution < 1.29 is 42.2 Å². The first kappa shape index (κ1) is 45.1. The van der Waals surface area contributed by atoms with Gasteiger partial charge in [-0.05, 0) is 79.4 Å². The average Bonchev–Trinajstić information content (AvgIpc) is 3.78. The number of carbonyl (C=O) groups is 4. The second-order valence-corrected chi connectivity index (χ2v) is 17.1. The van der Waals surface area contributed by atoms with Gasteiger partial charge in [-0.1, -0.05) is 24.3 Å². The fraction of sp³-hybridized carbons (Fsp3) is 0.388. The van der Waals surface area contributed by atoms with Crippen LogP contribution in [0.1, 0.15) is 64.1 Å². The number of rotatable bonds is 14.